The second-order valence-electron chi connectivity index (χ2n) is 5.12. The minimum atomic E-state index is -0.833. The van der Waals surface area contributed by atoms with Crippen molar-refractivity contribution < 1.29 is 19.4 Å². The number of esters is 1. The molecule has 0 saturated carbocycles. The molecule has 1 aromatic carbocycles. The van der Waals surface area contributed by atoms with Crippen molar-refractivity contribution in [2.24, 2.45) is 0 Å². The van der Waals surface area contributed by atoms with Crippen LogP contribution in [0.15, 0.2) is 24.3 Å². The number of carbonyl (C=O) groups excluding carboxylic acids is 1. The first-order valence-electron chi connectivity index (χ1n) is 6.78. The molecule has 1 heterocycles. The second-order valence-corrected chi connectivity index (χ2v) is 5.12. The van der Waals surface area contributed by atoms with Crippen molar-refractivity contribution in [1.82, 2.24) is 5.32 Å². The molecule has 0 aliphatic carbocycles. The summed E-state index contributed by atoms with van der Waals surface area (Å²) in [7, 11) is 1.37. The van der Waals surface area contributed by atoms with Gasteiger partial charge in [0.15, 0.2) is 0 Å². The summed E-state index contributed by atoms with van der Waals surface area (Å²) in [5.74, 6) is -0.348. The summed E-state index contributed by atoms with van der Waals surface area (Å²) >= 11 is 0. The molecule has 2 unspecified atom stereocenters. The standard InChI is InChI=1S/C15H21NO4/c1-11-15(18,7-8-20-11)10-16-9-12-5-3-4-6-13(12)14(17)19-2/h3-6,11,16,18H,7-10H2,1-2H3. The molecule has 2 atom stereocenters. The van der Waals surface area contributed by atoms with Crippen LogP contribution in [0.5, 0.6) is 0 Å². The number of ether oxygens (including phenoxy) is 2. The lowest BCUT2D eigenvalue weighted by Crippen LogP contribution is -2.45. The van der Waals surface area contributed by atoms with Gasteiger partial charge in [0.2, 0.25) is 0 Å². The number of benzene rings is 1. The average molecular weight is 279 g/mol. The van der Waals surface area contributed by atoms with E-state index in [0.29, 0.717) is 31.7 Å². The van der Waals surface area contributed by atoms with Crippen LogP contribution in [0.3, 0.4) is 0 Å². The fourth-order valence-electron chi connectivity index (χ4n) is 2.40. The van der Waals surface area contributed by atoms with Gasteiger partial charge >= 0.3 is 5.97 Å². The highest BCUT2D eigenvalue weighted by atomic mass is 16.5. The highest BCUT2D eigenvalue weighted by Gasteiger charge is 2.38. The first-order valence-corrected chi connectivity index (χ1v) is 6.78. The van der Waals surface area contributed by atoms with Crippen molar-refractivity contribution in [1.29, 1.82) is 0 Å². The van der Waals surface area contributed by atoms with E-state index in [9.17, 15) is 9.90 Å². The Morgan fingerprint density at radius 1 is 1.55 bits per heavy atom. The van der Waals surface area contributed by atoms with E-state index < -0.39 is 5.60 Å². The third kappa shape index (κ3) is 3.17. The summed E-state index contributed by atoms with van der Waals surface area (Å²) in [4.78, 5) is 11.6. The highest BCUT2D eigenvalue weighted by molar-refractivity contribution is 5.90. The molecule has 20 heavy (non-hydrogen) atoms. The zero-order chi connectivity index (χ0) is 14.6. The van der Waals surface area contributed by atoms with Crippen LogP contribution in [0.25, 0.3) is 0 Å². The van der Waals surface area contributed by atoms with Crippen molar-refractivity contribution in [3.63, 3.8) is 0 Å². The number of rotatable bonds is 5. The molecule has 5 nitrogen and oxygen atoms in total. The van der Waals surface area contributed by atoms with Crippen LogP contribution < -0.4 is 5.32 Å². The Morgan fingerprint density at radius 2 is 2.30 bits per heavy atom. The van der Waals surface area contributed by atoms with Gasteiger partial charge in [-0.25, -0.2) is 4.79 Å². The molecule has 1 aliphatic rings. The van der Waals surface area contributed by atoms with Gasteiger partial charge in [0.25, 0.3) is 0 Å². The van der Waals surface area contributed by atoms with Crippen LogP contribution in [0.2, 0.25) is 0 Å². The fraction of sp³-hybridized carbons (Fsp3) is 0.533. The van der Waals surface area contributed by atoms with Crippen LogP contribution in [0.4, 0.5) is 0 Å². The summed E-state index contributed by atoms with van der Waals surface area (Å²) in [6.07, 6.45) is 0.450. The number of carbonyl (C=O) groups is 1. The average Bonchev–Trinajstić information content (AvgIpc) is 2.78. The van der Waals surface area contributed by atoms with Gasteiger partial charge in [-0.15, -0.1) is 0 Å². The van der Waals surface area contributed by atoms with Gasteiger partial charge in [0.1, 0.15) is 5.60 Å². The molecular formula is C15H21NO4. The van der Waals surface area contributed by atoms with Crippen LogP contribution in [0.1, 0.15) is 29.3 Å². The van der Waals surface area contributed by atoms with Crippen molar-refractivity contribution >= 4 is 5.97 Å². The van der Waals surface area contributed by atoms with Crippen LogP contribution >= 0.6 is 0 Å². The van der Waals surface area contributed by atoms with E-state index in [1.54, 1.807) is 12.1 Å². The molecule has 0 aromatic heterocycles. The highest BCUT2D eigenvalue weighted by Crippen LogP contribution is 2.24. The van der Waals surface area contributed by atoms with Gasteiger partial charge < -0.3 is 19.9 Å². The van der Waals surface area contributed by atoms with Crippen molar-refractivity contribution in [2.75, 3.05) is 20.3 Å². The van der Waals surface area contributed by atoms with Gasteiger partial charge in [0, 0.05) is 26.1 Å². The Kier molecular flexibility index (Phi) is 4.75. The summed E-state index contributed by atoms with van der Waals surface area (Å²) in [5, 5.41) is 13.6. The SMILES string of the molecule is COC(=O)c1ccccc1CNCC1(O)CCOC1C. The fourth-order valence-corrected chi connectivity index (χ4v) is 2.40. The normalized spacial score (nSPS) is 25.6. The van der Waals surface area contributed by atoms with E-state index in [-0.39, 0.29) is 12.1 Å². The molecule has 1 fully saturated rings. The molecule has 0 amide bonds. The Hall–Kier alpha value is -1.43. The predicted octanol–water partition coefficient (Wildman–Crippen LogP) is 1.10. The third-order valence-electron chi connectivity index (χ3n) is 3.83. The Labute approximate surface area is 118 Å². The number of hydrogen-bond acceptors (Lipinski definition) is 5. The van der Waals surface area contributed by atoms with E-state index in [4.69, 9.17) is 9.47 Å². The topological polar surface area (TPSA) is 67.8 Å². The van der Waals surface area contributed by atoms with E-state index in [1.807, 2.05) is 19.1 Å². The lowest BCUT2D eigenvalue weighted by atomic mass is 9.96. The summed E-state index contributed by atoms with van der Waals surface area (Å²) in [6, 6.07) is 7.28. The number of nitrogens with one attached hydrogen (secondary N) is 1. The van der Waals surface area contributed by atoms with E-state index in [1.165, 1.54) is 7.11 Å². The molecule has 0 spiro atoms. The largest absolute Gasteiger partial charge is 0.465 e. The minimum Gasteiger partial charge on any atom is -0.465 e. The second kappa shape index (κ2) is 6.35. The first-order chi connectivity index (χ1) is 9.57. The Bertz CT molecular complexity index is 477. The molecule has 2 N–H and O–H groups in total. The van der Waals surface area contributed by atoms with E-state index in [2.05, 4.69) is 5.32 Å². The maximum absolute atomic E-state index is 11.6. The molecule has 110 valence electrons. The van der Waals surface area contributed by atoms with Crippen LogP contribution in [-0.4, -0.2) is 43.0 Å². The zero-order valence-electron chi connectivity index (χ0n) is 11.9. The van der Waals surface area contributed by atoms with Crippen molar-refractivity contribution in [2.45, 2.75) is 31.6 Å². The van der Waals surface area contributed by atoms with Crippen molar-refractivity contribution in [3.8, 4) is 0 Å². The summed E-state index contributed by atoms with van der Waals surface area (Å²) < 4.78 is 10.1. The van der Waals surface area contributed by atoms with Crippen LogP contribution in [-0.2, 0) is 16.0 Å². The van der Waals surface area contributed by atoms with E-state index in [0.717, 1.165) is 5.56 Å². The molecule has 5 heteroatoms. The van der Waals surface area contributed by atoms with Gasteiger partial charge in [-0.1, -0.05) is 18.2 Å². The Morgan fingerprint density at radius 3 is 2.95 bits per heavy atom. The number of hydrogen-bond donors (Lipinski definition) is 2. The molecule has 1 saturated heterocycles. The smallest absolute Gasteiger partial charge is 0.338 e. The van der Waals surface area contributed by atoms with E-state index >= 15 is 0 Å². The molecule has 0 radical (unpaired) electrons. The maximum atomic E-state index is 11.6. The van der Waals surface area contributed by atoms with Gasteiger partial charge in [-0.3, -0.25) is 0 Å². The maximum Gasteiger partial charge on any atom is 0.338 e. The quantitative estimate of drug-likeness (QED) is 0.790. The number of aliphatic hydroxyl groups is 1. The van der Waals surface area contributed by atoms with Crippen molar-refractivity contribution in [3.05, 3.63) is 35.4 Å². The lowest BCUT2D eigenvalue weighted by molar-refractivity contribution is -0.0263. The first kappa shape index (κ1) is 15.0. The summed E-state index contributed by atoms with van der Waals surface area (Å²) in [5.41, 5.74) is 0.569. The number of methoxy groups -OCH3 is 1. The van der Waals surface area contributed by atoms with Gasteiger partial charge in [-0.2, -0.15) is 0 Å². The Balaban J connectivity index is 1.96. The molecular weight excluding hydrogens is 258 g/mol. The third-order valence-corrected chi connectivity index (χ3v) is 3.83. The zero-order valence-corrected chi connectivity index (χ0v) is 11.9. The minimum absolute atomic E-state index is 0.175. The molecule has 2 rings (SSSR count). The van der Waals surface area contributed by atoms with Gasteiger partial charge in [-0.05, 0) is 18.6 Å². The molecule has 1 aromatic rings. The monoisotopic (exact) mass is 279 g/mol. The van der Waals surface area contributed by atoms with Gasteiger partial charge in [0.05, 0.1) is 18.8 Å². The molecule has 1 aliphatic heterocycles. The molecule has 0 bridgehead atoms. The van der Waals surface area contributed by atoms with Crippen LogP contribution in [0, 0.1) is 0 Å². The lowest BCUT2D eigenvalue weighted by Gasteiger charge is -2.26. The summed E-state index contributed by atoms with van der Waals surface area (Å²) in [6.45, 7) is 3.39. The predicted molar refractivity (Wildman–Crippen MR) is 74.5 cm³/mol.